The zero-order chi connectivity index (χ0) is 13.8. The van der Waals surface area contributed by atoms with Crippen LogP contribution in [0.3, 0.4) is 0 Å². The van der Waals surface area contributed by atoms with Gasteiger partial charge in [-0.05, 0) is 39.7 Å². The number of halogens is 2. The minimum atomic E-state index is -0.470. The molecule has 0 saturated heterocycles. The number of rotatable bonds is 4. The summed E-state index contributed by atoms with van der Waals surface area (Å²) in [5.74, 6) is 0.405. The van der Waals surface area contributed by atoms with Crippen LogP contribution >= 0.6 is 27.5 Å². The van der Waals surface area contributed by atoms with Crippen LogP contribution in [0, 0.1) is 10.1 Å². The fraction of sp³-hybridized carbons (Fsp3) is 0.0833. The summed E-state index contributed by atoms with van der Waals surface area (Å²) in [5.41, 5.74) is 0.810. The predicted octanol–water partition coefficient (Wildman–Crippen LogP) is 3.98. The molecule has 0 fully saturated rings. The smallest absolute Gasteiger partial charge is 0.273 e. The minimum absolute atomic E-state index is 0.0223. The van der Waals surface area contributed by atoms with Gasteiger partial charge in [-0.25, -0.2) is 4.98 Å². The van der Waals surface area contributed by atoms with Crippen molar-refractivity contribution in [2.75, 3.05) is 0 Å². The largest absolute Gasteiger partial charge is 0.487 e. The summed E-state index contributed by atoms with van der Waals surface area (Å²) in [5, 5.41) is 11.1. The van der Waals surface area contributed by atoms with Gasteiger partial charge in [0.2, 0.25) is 0 Å². The Bertz CT molecular complexity index is 622. The monoisotopic (exact) mass is 342 g/mol. The number of hydrogen-bond donors (Lipinski definition) is 0. The molecule has 0 N–H and O–H groups in total. The van der Waals surface area contributed by atoms with E-state index in [0.29, 0.717) is 15.4 Å². The average Bonchev–Trinajstić information content (AvgIpc) is 2.37. The Morgan fingerprint density at radius 1 is 1.37 bits per heavy atom. The summed E-state index contributed by atoms with van der Waals surface area (Å²) in [6.07, 6.45) is 1.57. The molecule has 1 aromatic heterocycles. The van der Waals surface area contributed by atoms with Gasteiger partial charge in [-0.1, -0.05) is 11.6 Å². The maximum atomic E-state index is 10.7. The Labute approximate surface area is 122 Å². The van der Waals surface area contributed by atoms with Crippen molar-refractivity contribution in [3.63, 3.8) is 0 Å². The maximum absolute atomic E-state index is 10.7. The molecular weight excluding hydrogens is 336 g/mol. The number of nitro benzene ring substituents is 1. The average molecular weight is 344 g/mol. The van der Waals surface area contributed by atoms with E-state index < -0.39 is 4.92 Å². The van der Waals surface area contributed by atoms with Crippen molar-refractivity contribution in [2.45, 2.75) is 6.61 Å². The van der Waals surface area contributed by atoms with Crippen LogP contribution in [0.4, 0.5) is 5.69 Å². The predicted molar refractivity (Wildman–Crippen MR) is 74.4 cm³/mol. The van der Waals surface area contributed by atoms with Gasteiger partial charge in [-0.15, -0.1) is 0 Å². The first-order valence-corrected chi connectivity index (χ1v) is 6.40. The highest BCUT2D eigenvalue weighted by molar-refractivity contribution is 9.10. The molecule has 0 aliphatic carbocycles. The molecule has 0 saturated carbocycles. The standard InChI is InChI=1S/C12H8BrClN2O3/c13-10-2-1-9(16(17)18)6-11(10)19-7-8-3-4-15-12(14)5-8/h1-6H,7H2. The number of ether oxygens (including phenoxy) is 1. The molecule has 98 valence electrons. The molecule has 0 unspecified atom stereocenters. The molecule has 5 nitrogen and oxygen atoms in total. The molecule has 1 aromatic carbocycles. The van der Waals surface area contributed by atoms with Crippen LogP contribution in [-0.4, -0.2) is 9.91 Å². The lowest BCUT2D eigenvalue weighted by Gasteiger charge is -2.08. The lowest BCUT2D eigenvalue weighted by molar-refractivity contribution is -0.385. The molecule has 0 amide bonds. The second-order valence-corrected chi connectivity index (χ2v) is 4.89. The topological polar surface area (TPSA) is 65.3 Å². The van der Waals surface area contributed by atoms with Crippen LogP contribution in [0.2, 0.25) is 5.15 Å². The fourth-order valence-electron chi connectivity index (χ4n) is 1.41. The summed E-state index contributed by atoms with van der Waals surface area (Å²) >= 11 is 9.04. The van der Waals surface area contributed by atoms with Crippen molar-refractivity contribution in [3.8, 4) is 5.75 Å². The number of nitro groups is 1. The molecule has 0 aliphatic heterocycles. The molecule has 0 bridgehead atoms. The van der Waals surface area contributed by atoms with E-state index in [1.54, 1.807) is 24.4 Å². The molecular formula is C12H8BrClN2O3. The highest BCUT2D eigenvalue weighted by atomic mass is 79.9. The Morgan fingerprint density at radius 2 is 2.16 bits per heavy atom. The summed E-state index contributed by atoms with van der Waals surface area (Å²) in [6, 6.07) is 7.78. The zero-order valence-corrected chi connectivity index (χ0v) is 11.9. The number of benzene rings is 1. The first-order chi connectivity index (χ1) is 9.06. The first-order valence-electron chi connectivity index (χ1n) is 5.23. The van der Waals surface area contributed by atoms with Gasteiger partial charge in [0.25, 0.3) is 5.69 Å². The molecule has 2 rings (SSSR count). The van der Waals surface area contributed by atoms with Crippen LogP contribution in [0.1, 0.15) is 5.56 Å². The van der Waals surface area contributed by atoms with E-state index in [2.05, 4.69) is 20.9 Å². The highest BCUT2D eigenvalue weighted by Crippen LogP contribution is 2.29. The molecule has 2 aromatic rings. The third-order valence-corrected chi connectivity index (χ3v) is 3.17. The van der Waals surface area contributed by atoms with E-state index in [9.17, 15) is 10.1 Å². The lowest BCUT2D eigenvalue weighted by Crippen LogP contribution is -1.97. The van der Waals surface area contributed by atoms with E-state index in [0.717, 1.165) is 5.56 Å². The van der Waals surface area contributed by atoms with Crippen molar-refractivity contribution < 1.29 is 9.66 Å². The van der Waals surface area contributed by atoms with Gasteiger partial charge in [0, 0.05) is 12.3 Å². The normalized spacial score (nSPS) is 10.2. The first kappa shape index (κ1) is 13.8. The van der Waals surface area contributed by atoms with Crippen molar-refractivity contribution >= 4 is 33.2 Å². The Hall–Kier alpha value is -1.66. The summed E-state index contributed by atoms with van der Waals surface area (Å²) in [4.78, 5) is 14.1. The third kappa shape index (κ3) is 3.65. The molecule has 0 spiro atoms. The summed E-state index contributed by atoms with van der Waals surface area (Å²) in [7, 11) is 0. The van der Waals surface area contributed by atoms with E-state index in [-0.39, 0.29) is 12.3 Å². The second-order valence-electron chi connectivity index (χ2n) is 3.65. The van der Waals surface area contributed by atoms with E-state index in [4.69, 9.17) is 16.3 Å². The van der Waals surface area contributed by atoms with Crippen LogP contribution in [0.15, 0.2) is 41.0 Å². The second kappa shape index (κ2) is 5.99. The van der Waals surface area contributed by atoms with Crippen LogP contribution in [0.25, 0.3) is 0 Å². The van der Waals surface area contributed by atoms with Crippen molar-refractivity contribution in [2.24, 2.45) is 0 Å². The van der Waals surface area contributed by atoms with Gasteiger partial charge < -0.3 is 4.74 Å². The zero-order valence-electron chi connectivity index (χ0n) is 9.55. The van der Waals surface area contributed by atoms with Gasteiger partial charge in [0.15, 0.2) is 0 Å². The molecule has 19 heavy (non-hydrogen) atoms. The number of hydrogen-bond acceptors (Lipinski definition) is 4. The van der Waals surface area contributed by atoms with E-state index in [1.807, 2.05) is 0 Å². The molecule has 0 aliphatic rings. The third-order valence-electron chi connectivity index (χ3n) is 2.31. The molecule has 1 heterocycles. The van der Waals surface area contributed by atoms with Gasteiger partial charge in [0.1, 0.15) is 17.5 Å². The van der Waals surface area contributed by atoms with Crippen LogP contribution < -0.4 is 4.74 Å². The van der Waals surface area contributed by atoms with Gasteiger partial charge >= 0.3 is 0 Å². The van der Waals surface area contributed by atoms with E-state index in [1.165, 1.54) is 12.1 Å². The molecule has 7 heteroatoms. The Morgan fingerprint density at radius 3 is 2.84 bits per heavy atom. The van der Waals surface area contributed by atoms with Gasteiger partial charge in [-0.3, -0.25) is 10.1 Å². The van der Waals surface area contributed by atoms with Crippen LogP contribution in [0.5, 0.6) is 5.75 Å². The number of pyridine rings is 1. The Kier molecular flexibility index (Phi) is 4.34. The van der Waals surface area contributed by atoms with E-state index >= 15 is 0 Å². The number of non-ortho nitro benzene ring substituents is 1. The van der Waals surface area contributed by atoms with Crippen molar-refractivity contribution in [1.82, 2.24) is 4.98 Å². The van der Waals surface area contributed by atoms with Gasteiger partial charge in [0.05, 0.1) is 15.5 Å². The number of aromatic nitrogens is 1. The minimum Gasteiger partial charge on any atom is -0.487 e. The Balaban J connectivity index is 2.15. The van der Waals surface area contributed by atoms with Crippen molar-refractivity contribution in [3.05, 3.63) is 61.8 Å². The highest BCUT2D eigenvalue weighted by Gasteiger charge is 2.10. The quantitative estimate of drug-likeness (QED) is 0.478. The maximum Gasteiger partial charge on any atom is 0.273 e. The van der Waals surface area contributed by atoms with Gasteiger partial charge in [-0.2, -0.15) is 0 Å². The van der Waals surface area contributed by atoms with Crippen molar-refractivity contribution in [1.29, 1.82) is 0 Å². The molecule has 0 atom stereocenters. The molecule has 0 radical (unpaired) electrons. The summed E-state index contributed by atoms with van der Waals surface area (Å²) < 4.78 is 6.18. The SMILES string of the molecule is O=[N+]([O-])c1ccc(Br)c(OCc2ccnc(Cl)c2)c1. The van der Waals surface area contributed by atoms with Crippen LogP contribution in [-0.2, 0) is 6.61 Å². The fourth-order valence-corrected chi connectivity index (χ4v) is 1.97. The summed E-state index contributed by atoms with van der Waals surface area (Å²) in [6.45, 7) is 0.252. The number of nitrogens with zero attached hydrogens (tertiary/aromatic N) is 2. The lowest BCUT2D eigenvalue weighted by atomic mass is 10.3.